The molecule has 144 valence electrons. The van der Waals surface area contributed by atoms with Crippen molar-refractivity contribution in [3.05, 3.63) is 68.9 Å². The first-order valence-electron chi connectivity index (χ1n) is 8.25. The van der Waals surface area contributed by atoms with Crippen LogP contribution >= 0.6 is 46.6 Å². The van der Waals surface area contributed by atoms with Crippen molar-refractivity contribution in [3.8, 4) is 5.75 Å². The third-order valence-electron chi connectivity index (χ3n) is 4.01. The zero-order valence-corrected chi connectivity index (χ0v) is 17.4. The number of fused-ring (bicyclic) bond motifs is 1. The Labute approximate surface area is 180 Å². The monoisotopic (exact) mass is 454 g/mol. The molecule has 0 fully saturated rings. The van der Waals surface area contributed by atoms with Crippen LogP contribution < -0.4 is 9.75 Å². The molecule has 0 saturated heterocycles. The van der Waals surface area contributed by atoms with E-state index in [2.05, 4.69) is 10.2 Å². The molecular formula is C18H13Cl3N4O2S. The van der Waals surface area contributed by atoms with Crippen LogP contribution in [-0.4, -0.2) is 33.1 Å². The Bertz CT molecular complexity index is 1040. The molecule has 0 aliphatic carbocycles. The van der Waals surface area contributed by atoms with Gasteiger partial charge in [0.1, 0.15) is 12.4 Å². The number of amides is 1. The Kier molecular flexibility index (Phi) is 5.68. The molecule has 0 spiro atoms. The fourth-order valence-electron chi connectivity index (χ4n) is 2.74. The summed E-state index contributed by atoms with van der Waals surface area (Å²) in [4.78, 5) is 13.1. The molecule has 0 N–H and O–H groups in total. The van der Waals surface area contributed by atoms with Gasteiger partial charge in [-0.15, -0.1) is 10.2 Å². The van der Waals surface area contributed by atoms with Gasteiger partial charge in [-0.3, -0.25) is 4.79 Å². The second-order valence-corrected chi connectivity index (χ2v) is 8.20. The van der Waals surface area contributed by atoms with E-state index in [1.807, 2.05) is 0 Å². The van der Waals surface area contributed by atoms with Gasteiger partial charge < -0.3 is 4.74 Å². The fraction of sp³-hybridized carbons (Fsp3) is 0.167. The van der Waals surface area contributed by atoms with Crippen molar-refractivity contribution in [3.63, 3.8) is 0 Å². The van der Waals surface area contributed by atoms with Gasteiger partial charge in [-0.05, 0) is 36.4 Å². The van der Waals surface area contributed by atoms with E-state index >= 15 is 0 Å². The fourth-order valence-corrected chi connectivity index (χ4v) is 4.28. The lowest BCUT2D eigenvalue weighted by atomic mass is 10.2. The number of hydrogen-bond donors (Lipinski definition) is 0. The van der Waals surface area contributed by atoms with Gasteiger partial charge in [-0.25, -0.2) is 9.69 Å². The second-order valence-electron chi connectivity index (χ2n) is 5.86. The summed E-state index contributed by atoms with van der Waals surface area (Å²) in [6, 6.07) is 11.9. The van der Waals surface area contributed by atoms with Crippen LogP contribution in [0, 0.1) is 0 Å². The summed E-state index contributed by atoms with van der Waals surface area (Å²) in [6.07, 6.45) is 0. The van der Waals surface area contributed by atoms with E-state index in [-0.39, 0.29) is 12.5 Å². The van der Waals surface area contributed by atoms with Crippen molar-refractivity contribution in [2.75, 3.05) is 17.3 Å². The molecule has 0 atom stereocenters. The number of hydrogen-bond acceptors (Lipinski definition) is 5. The van der Waals surface area contributed by atoms with Crippen molar-refractivity contribution >= 4 is 52.5 Å². The van der Waals surface area contributed by atoms with Crippen LogP contribution in [0.25, 0.3) is 0 Å². The molecule has 6 nitrogen and oxygen atoms in total. The minimum atomic E-state index is -0.257. The highest BCUT2D eigenvalue weighted by molar-refractivity contribution is 7.99. The molecule has 0 unspecified atom stereocenters. The summed E-state index contributed by atoms with van der Waals surface area (Å²) in [6.45, 7) is 0.615. The average molecular weight is 456 g/mol. The zero-order valence-electron chi connectivity index (χ0n) is 14.3. The number of halogens is 3. The van der Waals surface area contributed by atoms with E-state index in [4.69, 9.17) is 39.5 Å². The normalized spacial score (nSPS) is 13.3. The molecular weight excluding hydrogens is 443 g/mol. The lowest BCUT2D eigenvalue weighted by molar-refractivity contribution is 0.0953. The minimum absolute atomic E-state index is 0.131. The van der Waals surface area contributed by atoms with Crippen LogP contribution in [0.3, 0.4) is 0 Å². The molecule has 0 bridgehead atoms. The van der Waals surface area contributed by atoms with Gasteiger partial charge in [0.25, 0.3) is 5.91 Å². The molecule has 1 aromatic heterocycles. The van der Waals surface area contributed by atoms with E-state index in [1.165, 1.54) is 11.8 Å². The number of carbonyl (C=O) groups excluding carboxylic acids is 1. The van der Waals surface area contributed by atoms with Crippen LogP contribution in [0.5, 0.6) is 5.75 Å². The zero-order chi connectivity index (χ0) is 19.7. The molecule has 2 heterocycles. The number of thioether (sulfide) groups is 1. The van der Waals surface area contributed by atoms with E-state index in [0.29, 0.717) is 49.7 Å². The number of nitrogens with zero attached hydrogens (tertiary/aromatic N) is 4. The Morgan fingerprint density at radius 3 is 2.71 bits per heavy atom. The second kappa shape index (κ2) is 8.21. The SMILES string of the molecule is O=C(c1ccc(Cl)cc1Cl)N1CCSc2nnc(COc3cccc(Cl)c3)n21. The summed E-state index contributed by atoms with van der Waals surface area (Å²) >= 11 is 19.7. The Morgan fingerprint density at radius 2 is 1.93 bits per heavy atom. The Morgan fingerprint density at radius 1 is 1.11 bits per heavy atom. The number of carbonyl (C=O) groups is 1. The molecule has 10 heteroatoms. The molecule has 1 amide bonds. The lowest BCUT2D eigenvalue weighted by Gasteiger charge is -2.29. The largest absolute Gasteiger partial charge is 0.485 e. The van der Waals surface area contributed by atoms with Gasteiger partial charge in [-0.2, -0.15) is 0 Å². The Balaban J connectivity index is 1.61. The first-order chi connectivity index (χ1) is 13.5. The van der Waals surface area contributed by atoms with E-state index < -0.39 is 0 Å². The van der Waals surface area contributed by atoms with Crippen molar-refractivity contribution in [1.82, 2.24) is 14.9 Å². The van der Waals surface area contributed by atoms with Crippen molar-refractivity contribution in [2.24, 2.45) is 0 Å². The van der Waals surface area contributed by atoms with Gasteiger partial charge in [0.05, 0.1) is 17.1 Å². The molecule has 2 aromatic carbocycles. The van der Waals surface area contributed by atoms with Gasteiger partial charge in [0.2, 0.25) is 5.16 Å². The minimum Gasteiger partial charge on any atom is -0.485 e. The smallest absolute Gasteiger partial charge is 0.274 e. The highest BCUT2D eigenvalue weighted by Crippen LogP contribution is 2.27. The maximum Gasteiger partial charge on any atom is 0.274 e. The van der Waals surface area contributed by atoms with Crippen LogP contribution in [0.2, 0.25) is 15.1 Å². The van der Waals surface area contributed by atoms with Gasteiger partial charge in [-0.1, -0.05) is 52.6 Å². The number of ether oxygens (including phenoxy) is 1. The molecule has 3 aromatic rings. The molecule has 0 radical (unpaired) electrons. The standard InChI is InChI=1S/C18H13Cl3N4O2S/c19-11-2-1-3-13(8-11)27-10-16-22-23-18-25(16)24(6-7-28-18)17(26)14-5-4-12(20)9-15(14)21/h1-5,8-9H,6-7,10H2. The van der Waals surface area contributed by atoms with Gasteiger partial charge >= 0.3 is 0 Å². The van der Waals surface area contributed by atoms with E-state index in [9.17, 15) is 4.79 Å². The molecule has 1 aliphatic rings. The molecule has 1 aliphatic heterocycles. The highest BCUT2D eigenvalue weighted by Gasteiger charge is 2.29. The van der Waals surface area contributed by atoms with E-state index in [0.717, 1.165) is 0 Å². The molecule has 28 heavy (non-hydrogen) atoms. The van der Waals surface area contributed by atoms with E-state index in [1.54, 1.807) is 52.1 Å². The third-order valence-corrected chi connectivity index (χ3v) is 5.69. The van der Waals surface area contributed by atoms with Crippen LogP contribution in [0.15, 0.2) is 47.6 Å². The van der Waals surface area contributed by atoms with Crippen molar-refractivity contribution in [1.29, 1.82) is 0 Å². The summed E-state index contributed by atoms with van der Waals surface area (Å²) < 4.78 is 7.44. The lowest BCUT2D eigenvalue weighted by Crippen LogP contribution is -2.45. The average Bonchev–Trinajstić information content (AvgIpc) is 3.09. The van der Waals surface area contributed by atoms with Crippen LogP contribution in [0.4, 0.5) is 0 Å². The number of benzene rings is 2. The van der Waals surface area contributed by atoms with Crippen molar-refractivity contribution in [2.45, 2.75) is 11.8 Å². The van der Waals surface area contributed by atoms with Crippen LogP contribution in [0.1, 0.15) is 16.2 Å². The van der Waals surface area contributed by atoms with Gasteiger partial charge in [0.15, 0.2) is 5.82 Å². The molecule has 0 saturated carbocycles. The van der Waals surface area contributed by atoms with Crippen LogP contribution in [-0.2, 0) is 6.61 Å². The van der Waals surface area contributed by atoms with Crippen molar-refractivity contribution < 1.29 is 9.53 Å². The maximum atomic E-state index is 13.1. The predicted octanol–water partition coefficient (Wildman–Crippen LogP) is 4.70. The number of rotatable bonds is 4. The topological polar surface area (TPSA) is 60.3 Å². The first kappa shape index (κ1) is 19.4. The predicted molar refractivity (Wildman–Crippen MR) is 110 cm³/mol. The summed E-state index contributed by atoms with van der Waals surface area (Å²) in [7, 11) is 0. The van der Waals surface area contributed by atoms with Gasteiger partial charge in [0, 0.05) is 15.8 Å². The first-order valence-corrected chi connectivity index (χ1v) is 10.4. The number of aromatic nitrogens is 3. The summed E-state index contributed by atoms with van der Waals surface area (Å²) in [5.74, 6) is 1.55. The third kappa shape index (κ3) is 3.93. The summed E-state index contributed by atoms with van der Waals surface area (Å²) in [5, 5.41) is 11.9. The Hall–Kier alpha value is -1.93. The highest BCUT2D eigenvalue weighted by atomic mass is 35.5. The molecule has 4 rings (SSSR count). The quantitative estimate of drug-likeness (QED) is 0.570. The maximum absolute atomic E-state index is 13.1. The summed E-state index contributed by atoms with van der Waals surface area (Å²) in [5.41, 5.74) is 0.360.